The maximum absolute atomic E-state index is 13.2. The number of nitrogens with one attached hydrogen (secondary N) is 1. The van der Waals surface area contributed by atoms with Gasteiger partial charge in [0.1, 0.15) is 11.7 Å². The quantitative estimate of drug-likeness (QED) is 0.648. The minimum absolute atomic E-state index is 0.0786. The number of carbonyl (C=O) groups is 2. The van der Waals surface area contributed by atoms with E-state index in [1.54, 1.807) is 29.2 Å². The van der Waals surface area contributed by atoms with Crippen LogP contribution in [-0.2, 0) is 14.8 Å². The normalized spacial score (nSPS) is 20.3. The number of carbonyl (C=O) groups excluding carboxylic acids is 2. The minimum atomic E-state index is -3.97. The molecule has 2 aliphatic heterocycles. The molecule has 9 heteroatoms. The summed E-state index contributed by atoms with van der Waals surface area (Å²) >= 11 is 0. The van der Waals surface area contributed by atoms with E-state index >= 15 is 0 Å². The van der Waals surface area contributed by atoms with Crippen LogP contribution < -0.4 is 9.46 Å². The Labute approximate surface area is 193 Å². The van der Waals surface area contributed by atoms with Crippen LogP contribution in [0.5, 0.6) is 5.75 Å². The number of methoxy groups -OCH3 is 1. The molecule has 2 aliphatic rings. The average Bonchev–Trinajstić information content (AvgIpc) is 2.83. The van der Waals surface area contributed by atoms with E-state index < -0.39 is 21.7 Å². The lowest BCUT2D eigenvalue weighted by Gasteiger charge is -2.37. The highest BCUT2D eigenvalue weighted by Gasteiger charge is 2.37. The zero-order chi connectivity index (χ0) is 23.6. The van der Waals surface area contributed by atoms with Crippen molar-refractivity contribution in [3.05, 3.63) is 48.0 Å². The van der Waals surface area contributed by atoms with Gasteiger partial charge in [0.2, 0.25) is 5.91 Å². The van der Waals surface area contributed by atoms with Crippen LogP contribution in [0.3, 0.4) is 0 Å². The molecule has 2 aromatic rings. The summed E-state index contributed by atoms with van der Waals surface area (Å²) in [5.41, 5.74) is 0.824. The fraction of sp³-hybridized carbons (Fsp3) is 0.375. The standard InChI is InChI=1S/C24H27N3O5S/c1-3-17-8-4-5-12-27(17)24(29)21-15-25-22-11-10-19(14-20(22)23(21)28)33(30,31)26-16-7-6-9-18(13-16)32-2/h6-7,9-11,13-15,17,21,26H,3-5,8,12H2,1-2H3. The van der Waals surface area contributed by atoms with Crippen molar-refractivity contribution in [3.63, 3.8) is 0 Å². The van der Waals surface area contributed by atoms with E-state index in [1.807, 2.05) is 6.92 Å². The van der Waals surface area contributed by atoms with Gasteiger partial charge in [-0.15, -0.1) is 0 Å². The van der Waals surface area contributed by atoms with Gasteiger partial charge < -0.3 is 9.64 Å². The molecular weight excluding hydrogens is 442 g/mol. The highest BCUT2D eigenvalue weighted by molar-refractivity contribution is 7.92. The Hall–Kier alpha value is -3.20. The van der Waals surface area contributed by atoms with Gasteiger partial charge in [0.05, 0.1) is 23.4 Å². The summed E-state index contributed by atoms with van der Waals surface area (Å²) in [6.07, 6.45) is 5.12. The maximum Gasteiger partial charge on any atom is 0.261 e. The number of likely N-dealkylation sites (tertiary alicyclic amines) is 1. The van der Waals surface area contributed by atoms with Crippen molar-refractivity contribution < 1.29 is 22.7 Å². The van der Waals surface area contributed by atoms with E-state index in [4.69, 9.17) is 4.74 Å². The van der Waals surface area contributed by atoms with E-state index in [0.717, 1.165) is 25.7 Å². The van der Waals surface area contributed by atoms with Crippen molar-refractivity contribution >= 4 is 39.3 Å². The molecule has 0 saturated carbocycles. The number of anilines is 1. The number of hydrogen-bond acceptors (Lipinski definition) is 6. The summed E-state index contributed by atoms with van der Waals surface area (Å²) in [5, 5.41) is 0. The molecule has 1 saturated heterocycles. The first-order valence-corrected chi connectivity index (χ1v) is 12.5. The molecule has 2 aromatic carbocycles. The van der Waals surface area contributed by atoms with Gasteiger partial charge in [-0.25, -0.2) is 8.42 Å². The van der Waals surface area contributed by atoms with Crippen molar-refractivity contribution in [1.29, 1.82) is 0 Å². The molecule has 2 atom stereocenters. The highest BCUT2D eigenvalue weighted by Crippen LogP contribution is 2.31. The van der Waals surface area contributed by atoms with Crippen molar-refractivity contribution in [2.45, 2.75) is 43.5 Å². The largest absolute Gasteiger partial charge is 0.497 e. The van der Waals surface area contributed by atoms with Crippen molar-refractivity contribution in [2.75, 3.05) is 18.4 Å². The molecule has 0 aromatic heterocycles. The van der Waals surface area contributed by atoms with Crippen molar-refractivity contribution in [2.24, 2.45) is 10.9 Å². The van der Waals surface area contributed by atoms with Crippen LogP contribution in [0, 0.1) is 5.92 Å². The van der Waals surface area contributed by atoms with Gasteiger partial charge in [0.15, 0.2) is 5.78 Å². The fourth-order valence-corrected chi connectivity index (χ4v) is 5.43. The Kier molecular flexibility index (Phi) is 6.51. The van der Waals surface area contributed by atoms with Gasteiger partial charge in [0.25, 0.3) is 10.0 Å². The second-order valence-electron chi connectivity index (χ2n) is 8.23. The molecule has 1 N–H and O–H groups in total. The van der Waals surface area contributed by atoms with E-state index in [9.17, 15) is 18.0 Å². The number of sulfonamides is 1. The molecule has 4 rings (SSSR count). The zero-order valence-electron chi connectivity index (χ0n) is 18.7. The molecule has 0 spiro atoms. The summed E-state index contributed by atoms with van der Waals surface area (Å²) in [7, 11) is -2.48. The van der Waals surface area contributed by atoms with E-state index in [-0.39, 0.29) is 22.4 Å². The number of rotatable bonds is 6. The molecule has 0 bridgehead atoms. The van der Waals surface area contributed by atoms with Gasteiger partial charge in [0, 0.05) is 30.4 Å². The minimum Gasteiger partial charge on any atom is -0.497 e. The lowest BCUT2D eigenvalue weighted by molar-refractivity contribution is -0.135. The predicted octanol–water partition coefficient (Wildman–Crippen LogP) is 3.80. The smallest absolute Gasteiger partial charge is 0.261 e. The Morgan fingerprint density at radius 1 is 1.21 bits per heavy atom. The number of amides is 1. The lowest BCUT2D eigenvalue weighted by atomic mass is 9.91. The molecule has 1 fully saturated rings. The van der Waals surface area contributed by atoms with E-state index in [0.29, 0.717) is 23.7 Å². The number of nitrogens with zero attached hydrogens (tertiary/aromatic N) is 2. The molecular formula is C24H27N3O5S. The van der Waals surface area contributed by atoms with Gasteiger partial charge in [-0.3, -0.25) is 19.3 Å². The molecule has 8 nitrogen and oxygen atoms in total. The summed E-state index contributed by atoms with van der Waals surface area (Å²) in [6.45, 7) is 2.66. The van der Waals surface area contributed by atoms with Crippen LogP contribution in [0.1, 0.15) is 43.0 Å². The van der Waals surface area contributed by atoms with Gasteiger partial charge in [-0.2, -0.15) is 0 Å². The first-order valence-electron chi connectivity index (χ1n) is 11.0. The second kappa shape index (κ2) is 9.35. The van der Waals surface area contributed by atoms with Crippen LogP contribution in [0.4, 0.5) is 11.4 Å². The lowest BCUT2D eigenvalue weighted by Crippen LogP contribution is -2.48. The Morgan fingerprint density at radius 3 is 2.79 bits per heavy atom. The number of ketones is 1. The Bertz CT molecular complexity index is 1210. The molecule has 2 heterocycles. The first kappa shape index (κ1) is 23.0. The maximum atomic E-state index is 13.2. The van der Waals surface area contributed by atoms with Gasteiger partial charge >= 0.3 is 0 Å². The van der Waals surface area contributed by atoms with Crippen LogP contribution in [0.15, 0.2) is 52.4 Å². The molecule has 2 unspecified atom stereocenters. The summed E-state index contributed by atoms with van der Waals surface area (Å²) in [4.78, 5) is 32.4. The number of Topliss-reactive ketones (excluding diaryl/α,β-unsaturated/α-hetero) is 1. The SMILES string of the molecule is CCC1CCCCN1C(=O)C1C=Nc2ccc(S(=O)(=O)Nc3cccc(OC)c3)cc2C1=O. The number of aliphatic imine (C=N–C) groups is 1. The molecule has 0 aliphatic carbocycles. The highest BCUT2D eigenvalue weighted by atomic mass is 32.2. The third-order valence-electron chi connectivity index (χ3n) is 6.16. The van der Waals surface area contributed by atoms with Crippen LogP contribution in [0.25, 0.3) is 0 Å². The number of benzene rings is 2. The summed E-state index contributed by atoms with van der Waals surface area (Å²) in [5.74, 6) is -1.21. The van der Waals surface area contributed by atoms with E-state index in [1.165, 1.54) is 31.5 Å². The topological polar surface area (TPSA) is 105 Å². The molecule has 33 heavy (non-hydrogen) atoms. The number of piperidine rings is 1. The molecule has 174 valence electrons. The first-order chi connectivity index (χ1) is 15.8. The number of ether oxygens (including phenoxy) is 1. The zero-order valence-corrected chi connectivity index (χ0v) is 19.5. The van der Waals surface area contributed by atoms with Crippen LogP contribution >= 0.6 is 0 Å². The van der Waals surface area contributed by atoms with Crippen molar-refractivity contribution in [3.8, 4) is 5.75 Å². The number of fused-ring (bicyclic) bond motifs is 1. The summed E-state index contributed by atoms with van der Waals surface area (Å²) < 4.78 is 33.6. The molecule has 0 radical (unpaired) electrons. The average molecular weight is 470 g/mol. The number of hydrogen-bond donors (Lipinski definition) is 1. The van der Waals surface area contributed by atoms with E-state index in [2.05, 4.69) is 9.71 Å². The molecule has 1 amide bonds. The Morgan fingerprint density at radius 2 is 2.03 bits per heavy atom. The van der Waals surface area contributed by atoms with Gasteiger partial charge in [-0.1, -0.05) is 13.0 Å². The van der Waals surface area contributed by atoms with Crippen molar-refractivity contribution in [1.82, 2.24) is 4.90 Å². The van der Waals surface area contributed by atoms with Gasteiger partial charge in [-0.05, 0) is 56.0 Å². The monoisotopic (exact) mass is 469 g/mol. The predicted molar refractivity (Wildman–Crippen MR) is 126 cm³/mol. The van der Waals surface area contributed by atoms with Crippen LogP contribution in [-0.4, -0.2) is 50.9 Å². The Balaban J connectivity index is 1.60. The third-order valence-corrected chi connectivity index (χ3v) is 7.54. The van der Waals surface area contributed by atoms with Crippen LogP contribution in [0.2, 0.25) is 0 Å². The summed E-state index contributed by atoms with van der Waals surface area (Å²) in [6, 6.07) is 10.8. The second-order valence-corrected chi connectivity index (χ2v) is 9.91. The third kappa shape index (κ3) is 4.64. The fourth-order valence-electron chi connectivity index (χ4n) is 4.35.